The molecule has 0 aliphatic carbocycles. The Morgan fingerprint density at radius 3 is 1.22 bits per heavy atom. The summed E-state index contributed by atoms with van der Waals surface area (Å²) in [6.45, 7) is 4.21. The number of amides is 1. The van der Waals surface area contributed by atoms with Crippen LogP contribution in [0.5, 0.6) is 0 Å². The summed E-state index contributed by atoms with van der Waals surface area (Å²) in [5.74, 6) is -0.0550. The first kappa shape index (κ1) is 36.4. The number of carbonyl (C=O) groups is 1. The van der Waals surface area contributed by atoms with Crippen molar-refractivity contribution in [2.24, 2.45) is 0 Å². The molecule has 0 aliphatic rings. The minimum Gasteiger partial charge on any atom is -0.394 e. The van der Waals surface area contributed by atoms with Crippen LogP contribution in [0.2, 0.25) is 0 Å². The summed E-state index contributed by atoms with van der Waals surface area (Å²) in [6, 6.07) is -0.524. The fourth-order valence-corrected chi connectivity index (χ4v) is 5.24. The molecule has 0 fully saturated rings. The Balaban J connectivity index is 3.34. The Morgan fingerprint density at radius 2 is 0.865 bits per heavy atom. The van der Waals surface area contributed by atoms with Crippen LogP contribution in [0.15, 0.2) is 0 Å². The number of nitrogens with one attached hydrogen (secondary N) is 1. The van der Waals surface area contributed by atoms with Gasteiger partial charge in [0.15, 0.2) is 0 Å². The zero-order chi connectivity index (χ0) is 27.2. The van der Waals surface area contributed by atoms with Gasteiger partial charge in [-0.3, -0.25) is 4.79 Å². The third kappa shape index (κ3) is 26.8. The molecule has 0 aromatic carbocycles. The van der Waals surface area contributed by atoms with Crippen LogP contribution in [-0.4, -0.2) is 34.9 Å². The van der Waals surface area contributed by atoms with Crippen molar-refractivity contribution in [3.8, 4) is 0 Å². The minimum atomic E-state index is -0.648. The summed E-state index contributed by atoms with van der Waals surface area (Å²) in [4.78, 5) is 11.9. The molecule has 1 amide bonds. The minimum absolute atomic E-state index is 0.0550. The van der Waals surface area contributed by atoms with E-state index in [2.05, 4.69) is 19.2 Å². The fraction of sp³-hybridized carbons (Fsp3) is 0.970. The van der Waals surface area contributed by atoms with Gasteiger partial charge in [0.1, 0.15) is 0 Å². The predicted molar refractivity (Wildman–Crippen MR) is 161 cm³/mol. The van der Waals surface area contributed by atoms with Gasteiger partial charge in [0, 0.05) is 6.42 Å². The van der Waals surface area contributed by atoms with Crippen molar-refractivity contribution in [3.05, 3.63) is 0 Å². The molecule has 0 aliphatic heterocycles. The SMILES string of the molecule is CCCCCCCCCCCCCCCCCCCCCCCCC(O)C(CO)NC(=O)CCCCC. The molecule has 0 rings (SSSR count). The van der Waals surface area contributed by atoms with E-state index in [1.807, 2.05) is 0 Å². The average Bonchev–Trinajstić information content (AvgIpc) is 2.90. The van der Waals surface area contributed by atoms with Crippen LogP contribution in [0.1, 0.15) is 187 Å². The van der Waals surface area contributed by atoms with Crippen molar-refractivity contribution in [1.82, 2.24) is 5.32 Å². The van der Waals surface area contributed by atoms with E-state index in [1.165, 1.54) is 128 Å². The van der Waals surface area contributed by atoms with Gasteiger partial charge in [-0.25, -0.2) is 0 Å². The van der Waals surface area contributed by atoms with Crippen LogP contribution in [0, 0.1) is 0 Å². The van der Waals surface area contributed by atoms with Gasteiger partial charge in [0.2, 0.25) is 5.91 Å². The number of aliphatic hydroxyl groups is 2. The molecule has 0 radical (unpaired) electrons. The van der Waals surface area contributed by atoms with Gasteiger partial charge in [0.25, 0.3) is 0 Å². The Morgan fingerprint density at radius 1 is 0.541 bits per heavy atom. The molecule has 2 unspecified atom stereocenters. The molecule has 2 atom stereocenters. The number of hydrogen-bond donors (Lipinski definition) is 3. The molecule has 222 valence electrons. The molecule has 4 nitrogen and oxygen atoms in total. The molecule has 0 saturated carbocycles. The summed E-state index contributed by atoms with van der Waals surface area (Å²) in [5, 5.41) is 22.6. The molecule has 0 aromatic rings. The molecular weight excluding hydrogens is 458 g/mol. The molecule has 37 heavy (non-hydrogen) atoms. The Hall–Kier alpha value is -0.610. The second-order valence-electron chi connectivity index (χ2n) is 11.6. The van der Waals surface area contributed by atoms with Crippen LogP contribution in [0.4, 0.5) is 0 Å². The lowest BCUT2D eigenvalue weighted by molar-refractivity contribution is -0.123. The van der Waals surface area contributed by atoms with Crippen molar-refractivity contribution in [3.63, 3.8) is 0 Å². The summed E-state index contributed by atoms with van der Waals surface area (Å²) in [5.41, 5.74) is 0. The second-order valence-corrected chi connectivity index (χ2v) is 11.6. The first-order valence-corrected chi connectivity index (χ1v) is 16.7. The van der Waals surface area contributed by atoms with Gasteiger partial charge in [-0.2, -0.15) is 0 Å². The zero-order valence-corrected chi connectivity index (χ0v) is 25.3. The van der Waals surface area contributed by atoms with Gasteiger partial charge in [0.05, 0.1) is 18.8 Å². The number of rotatable bonds is 30. The largest absolute Gasteiger partial charge is 0.394 e. The number of unbranched alkanes of at least 4 members (excludes halogenated alkanes) is 23. The Bertz CT molecular complexity index is 457. The first-order valence-electron chi connectivity index (χ1n) is 16.7. The van der Waals surface area contributed by atoms with E-state index in [1.54, 1.807) is 0 Å². The molecule has 0 aromatic heterocycles. The van der Waals surface area contributed by atoms with Crippen LogP contribution >= 0.6 is 0 Å². The molecule has 0 heterocycles. The van der Waals surface area contributed by atoms with Crippen LogP contribution in [-0.2, 0) is 4.79 Å². The first-order chi connectivity index (χ1) is 18.2. The van der Waals surface area contributed by atoms with E-state index in [4.69, 9.17) is 0 Å². The number of carbonyl (C=O) groups excluding carboxylic acids is 1. The lowest BCUT2D eigenvalue weighted by Gasteiger charge is -2.22. The number of hydrogen-bond acceptors (Lipinski definition) is 3. The van der Waals surface area contributed by atoms with Crippen molar-refractivity contribution in [2.45, 2.75) is 199 Å². The van der Waals surface area contributed by atoms with Crippen LogP contribution in [0.3, 0.4) is 0 Å². The highest BCUT2D eigenvalue weighted by Crippen LogP contribution is 2.16. The van der Waals surface area contributed by atoms with E-state index >= 15 is 0 Å². The Kier molecular flexibility index (Phi) is 29.4. The van der Waals surface area contributed by atoms with Crippen molar-refractivity contribution in [1.29, 1.82) is 0 Å². The maximum atomic E-state index is 11.9. The molecule has 0 saturated heterocycles. The average molecular weight is 526 g/mol. The van der Waals surface area contributed by atoms with Gasteiger partial charge < -0.3 is 15.5 Å². The number of aliphatic hydroxyl groups excluding tert-OH is 2. The van der Waals surface area contributed by atoms with Gasteiger partial charge in [-0.05, 0) is 12.8 Å². The topological polar surface area (TPSA) is 69.6 Å². The normalized spacial score (nSPS) is 13.1. The van der Waals surface area contributed by atoms with Gasteiger partial charge >= 0.3 is 0 Å². The smallest absolute Gasteiger partial charge is 0.220 e. The summed E-state index contributed by atoms with van der Waals surface area (Å²) in [7, 11) is 0. The highest BCUT2D eigenvalue weighted by Gasteiger charge is 2.19. The van der Waals surface area contributed by atoms with E-state index in [0.29, 0.717) is 12.8 Å². The van der Waals surface area contributed by atoms with E-state index < -0.39 is 12.1 Å². The van der Waals surface area contributed by atoms with Crippen LogP contribution in [0.25, 0.3) is 0 Å². The van der Waals surface area contributed by atoms with Crippen molar-refractivity contribution >= 4 is 5.91 Å². The molecule has 0 bridgehead atoms. The summed E-state index contributed by atoms with van der Waals surface area (Å²) in [6.07, 6.45) is 33.6. The maximum absolute atomic E-state index is 11.9. The van der Waals surface area contributed by atoms with Gasteiger partial charge in [-0.15, -0.1) is 0 Å². The zero-order valence-electron chi connectivity index (χ0n) is 25.3. The molecule has 3 N–H and O–H groups in total. The molecule has 4 heteroatoms. The third-order valence-corrected chi connectivity index (χ3v) is 7.87. The standard InChI is InChI=1S/C33H67NO3/c1-3-5-7-8-9-10-11-12-13-14-15-16-17-18-19-20-21-22-23-24-25-27-28-32(36)31(30-35)34-33(37)29-26-6-4-2/h31-32,35-36H,3-30H2,1-2H3,(H,34,37). The molecule has 0 spiro atoms. The molecular formula is C33H67NO3. The third-order valence-electron chi connectivity index (χ3n) is 7.87. The van der Waals surface area contributed by atoms with Crippen molar-refractivity contribution in [2.75, 3.05) is 6.61 Å². The summed E-state index contributed by atoms with van der Waals surface area (Å²) >= 11 is 0. The maximum Gasteiger partial charge on any atom is 0.220 e. The van der Waals surface area contributed by atoms with E-state index in [-0.39, 0.29) is 12.5 Å². The van der Waals surface area contributed by atoms with Crippen molar-refractivity contribution < 1.29 is 15.0 Å². The monoisotopic (exact) mass is 526 g/mol. The lowest BCUT2D eigenvalue weighted by Crippen LogP contribution is -2.45. The summed E-state index contributed by atoms with van der Waals surface area (Å²) < 4.78 is 0. The second kappa shape index (κ2) is 29.9. The van der Waals surface area contributed by atoms with Gasteiger partial charge in [-0.1, -0.05) is 168 Å². The van der Waals surface area contributed by atoms with E-state index in [9.17, 15) is 15.0 Å². The Labute approximate surface area is 232 Å². The predicted octanol–water partition coefficient (Wildman–Crippen LogP) is 9.40. The lowest BCUT2D eigenvalue weighted by atomic mass is 10.0. The fourth-order valence-electron chi connectivity index (χ4n) is 5.24. The highest BCUT2D eigenvalue weighted by atomic mass is 16.3. The van der Waals surface area contributed by atoms with Crippen LogP contribution < -0.4 is 5.32 Å². The quantitative estimate of drug-likeness (QED) is 0.0818. The van der Waals surface area contributed by atoms with E-state index in [0.717, 1.165) is 32.1 Å². The highest BCUT2D eigenvalue weighted by molar-refractivity contribution is 5.76.